The van der Waals surface area contributed by atoms with Crippen molar-refractivity contribution in [3.63, 3.8) is 0 Å². The number of hydrogen-bond acceptors (Lipinski definition) is 5. The number of nitrogens with zero attached hydrogens (tertiary/aromatic N) is 3. The number of nitrogens with one attached hydrogen (secondary N) is 3. The minimum absolute atomic E-state index is 0.327. The predicted octanol–water partition coefficient (Wildman–Crippen LogP) is 7.37. The third-order valence-corrected chi connectivity index (χ3v) is 6.15. The van der Waals surface area contributed by atoms with Gasteiger partial charge >= 0.3 is 0 Å². The summed E-state index contributed by atoms with van der Waals surface area (Å²) in [6.45, 7) is 16.0. The maximum absolute atomic E-state index is 14.7. The molecule has 1 aromatic carbocycles. The molecule has 0 unspecified atom stereocenters. The van der Waals surface area contributed by atoms with E-state index < -0.39 is 0 Å². The third kappa shape index (κ3) is 5.47. The van der Waals surface area contributed by atoms with Crippen molar-refractivity contribution in [1.82, 2.24) is 19.9 Å². The number of pyridine rings is 2. The van der Waals surface area contributed by atoms with Gasteiger partial charge in [-0.1, -0.05) is 57.0 Å². The fraction of sp³-hybridized carbons (Fsp3) is 0.129. The van der Waals surface area contributed by atoms with Gasteiger partial charge in [-0.15, -0.1) is 0 Å². The second-order valence-electron chi connectivity index (χ2n) is 8.72. The van der Waals surface area contributed by atoms with E-state index in [-0.39, 0.29) is 5.82 Å². The molecule has 0 saturated carbocycles. The van der Waals surface area contributed by atoms with E-state index in [4.69, 9.17) is 4.98 Å². The summed E-state index contributed by atoms with van der Waals surface area (Å²) in [5.74, 6) is 1.64. The van der Waals surface area contributed by atoms with Crippen molar-refractivity contribution >= 4 is 22.8 Å². The lowest BCUT2D eigenvalue weighted by molar-refractivity contribution is 0.624. The molecule has 0 bridgehead atoms. The number of aromatic amines is 1. The smallest absolute Gasteiger partial charge is 0.138 e. The molecule has 192 valence electrons. The summed E-state index contributed by atoms with van der Waals surface area (Å²) in [7, 11) is 1.81. The summed E-state index contributed by atoms with van der Waals surface area (Å²) in [6, 6.07) is 12.5. The van der Waals surface area contributed by atoms with E-state index in [9.17, 15) is 4.39 Å². The van der Waals surface area contributed by atoms with E-state index in [2.05, 4.69) is 45.3 Å². The van der Waals surface area contributed by atoms with Crippen LogP contribution in [0.2, 0.25) is 0 Å². The third-order valence-electron chi connectivity index (χ3n) is 6.15. The minimum atomic E-state index is -0.327. The Morgan fingerprint density at radius 3 is 2.47 bits per heavy atom. The highest BCUT2D eigenvalue weighted by atomic mass is 19.1. The van der Waals surface area contributed by atoms with Crippen molar-refractivity contribution in [2.24, 2.45) is 0 Å². The fourth-order valence-corrected chi connectivity index (χ4v) is 4.05. The van der Waals surface area contributed by atoms with Crippen LogP contribution in [0.5, 0.6) is 0 Å². The van der Waals surface area contributed by atoms with E-state index >= 15 is 0 Å². The van der Waals surface area contributed by atoms with E-state index in [1.165, 1.54) is 6.07 Å². The number of imidazole rings is 1. The maximum atomic E-state index is 14.7. The Labute approximate surface area is 222 Å². The molecule has 3 N–H and O–H groups in total. The number of rotatable bonds is 10. The molecule has 4 rings (SSSR count). The van der Waals surface area contributed by atoms with Crippen molar-refractivity contribution in [3.8, 4) is 11.1 Å². The lowest BCUT2D eigenvalue weighted by Gasteiger charge is -2.12. The summed E-state index contributed by atoms with van der Waals surface area (Å²) in [5, 5.41) is 6.33. The Hall–Kier alpha value is -4.78. The first-order valence-electron chi connectivity index (χ1n) is 12.3. The van der Waals surface area contributed by atoms with Gasteiger partial charge in [-0.3, -0.25) is 0 Å². The van der Waals surface area contributed by atoms with Crippen molar-refractivity contribution in [3.05, 3.63) is 127 Å². The molecule has 0 radical (unpaired) electrons. The average Bonchev–Trinajstić information content (AvgIpc) is 3.32. The van der Waals surface area contributed by atoms with Gasteiger partial charge < -0.3 is 15.6 Å². The summed E-state index contributed by atoms with van der Waals surface area (Å²) in [5.41, 5.74) is 6.63. The molecule has 6 nitrogen and oxygen atoms in total. The molecule has 4 aromatic rings. The van der Waals surface area contributed by atoms with Gasteiger partial charge in [-0.25, -0.2) is 19.3 Å². The van der Waals surface area contributed by atoms with E-state index in [0.717, 1.165) is 40.3 Å². The van der Waals surface area contributed by atoms with Crippen LogP contribution < -0.4 is 10.6 Å². The summed E-state index contributed by atoms with van der Waals surface area (Å²) < 4.78 is 14.7. The van der Waals surface area contributed by atoms with Crippen molar-refractivity contribution < 1.29 is 4.39 Å². The van der Waals surface area contributed by atoms with Gasteiger partial charge in [0.05, 0.1) is 5.69 Å². The van der Waals surface area contributed by atoms with Crippen LogP contribution in [0.3, 0.4) is 0 Å². The topological polar surface area (TPSA) is 78.5 Å². The predicted molar refractivity (Wildman–Crippen MR) is 155 cm³/mol. The summed E-state index contributed by atoms with van der Waals surface area (Å²) in [6.07, 6.45) is 7.80. The van der Waals surface area contributed by atoms with E-state index in [1.807, 2.05) is 39.1 Å². The van der Waals surface area contributed by atoms with Crippen LogP contribution in [-0.4, -0.2) is 27.0 Å². The fourth-order valence-electron chi connectivity index (χ4n) is 4.05. The first-order chi connectivity index (χ1) is 18.4. The monoisotopic (exact) mass is 506 g/mol. The van der Waals surface area contributed by atoms with Crippen LogP contribution in [0.25, 0.3) is 22.3 Å². The minimum Gasteiger partial charge on any atom is -0.373 e. The highest BCUT2D eigenvalue weighted by Crippen LogP contribution is 2.33. The number of anilines is 2. The Kier molecular flexibility index (Phi) is 7.97. The molecule has 38 heavy (non-hydrogen) atoms. The van der Waals surface area contributed by atoms with E-state index in [0.29, 0.717) is 34.0 Å². The zero-order valence-corrected chi connectivity index (χ0v) is 21.9. The molecule has 0 fully saturated rings. The molecule has 0 spiro atoms. The van der Waals surface area contributed by atoms with Gasteiger partial charge in [0, 0.05) is 64.2 Å². The van der Waals surface area contributed by atoms with Gasteiger partial charge in [-0.2, -0.15) is 0 Å². The first-order valence-corrected chi connectivity index (χ1v) is 12.3. The van der Waals surface area contributed by atoms with Gasteiger partial charge in [0.25, 0.3) is 0 Å². The van der Waals surface area contributed by atoms with Crippen molar-refractivity contribution in [2.45, 2.75) is 20.3 Å². The van der Waals surface area contributed by atoms with Crippen LogP contribution >= 0.6 is 0 Å². The number of H-pyrrole nitrogens is 1. The Balaban J connectivity index is 1.70. The molecule has 3 heterocycles. The molecular formula is C31H31FN6. The summed E-state index contributed by atoms with van der Waals surface area (Å²) >= 11 is 0. The number of halogens is 1. The molecule has 0 atom stereocenters. The zero-order valence-electron chi connectivity index (χ0n) is 21.9. The first kappa shape index (κ1) is 26.3. The average molecular weight is 507 g/mol. The molecule has 0 amide bonds. The van der Waals surface area contributed by atoms with Crippen LogP contribution in [0.15, 0.2) is 92.4 Å². The molecule has 0 saturated heterocycles. The lowest BCUT2D eigenvalue weighted by atomic mass is 10.0. The molecule has 7 heteroatoms. The largest absolute Gasteiger partial charge is 0.373 e. The van der Waals surface area contributed by atoms with Crippen molar-refractivity contribution in [1.29, 1.82) is 0 Å². The second kappa shape index (κ2) is 11.5. The SMILES string of the molecule is C=C/C=C(/c1ccccc1F)c1nc(C(=C)c2cc(-c3ccc(NC(=C)CC)nc3)cnc2NC)[nH]c1C. The zero-order chi connectivity index (χ0) is 27.2. The maximum Gasteiger partial charge on any atom is 0.138 e. The molecular weight excluding hydrogens is 475 g/mol. The summed E-state index contributed by atoms with van der Waals surface area (Å²) in [4.78, 5) is 17.3. The van der Waals surface area contributed by atoms with Crippen molar-refractivity contribution in [2.75, 3.05) is 17.7 Å². The highest BCUT2D eigenvalue weighted by molar-refractivity contribution is 5.86. The highest BCUT2D eigenvalue weighted by Gasteiger charge is 2.19. The molecule has 0 aliphatic heterocycles. The quantitative estimate of drug-likeness (QED) is 0.196. The number of aromatic nitrogens is 4. The van der Waals surface area contributed by atoms with Gasteiger partial charge in [0.15, 0.2) is 0 Å². The standard InChI is InChI=1S/C31H31FN6/c1-7-11-25(24-12-9-10-13-27(24)32)29-21(5)37-30(38-29)20(4)26-16-23(18-35-31(26)33-6)22-14-15-28(34-17-22)36-19(3)8-2/h7,9-18H,1,3-4,8H2,2,5-6H3,(H,33,35)(H,34,36)(H,37,38)/b25-11-. The molecule has 0 aliphatic carbocycles. The van der Waals surface area contributed by atoms with Crippen LogP contribution in [-0.2, 0) is 0 Å². The molecule has 3 aromatic heterocycles. The lowest BCUT2D eigenvalue weighted by Crippen LogP contribution is -2.01. The van der Waals surface area contributed by atoms with Gasteiger partial charge in [-0.05, 0) is 37.6 Å². The number of aryl methyl sites for hydroxylation is 1. The van der Waals surface area contributed by atoms with Crippen LogP contribution in [0.1, 0.15) is 41.7 Å². The number of hydrogen-bond donors (Lipinski definition) is 3. The Morgan fingerprint density at radius 1 is 1.05 bits per heavy atom. The Morgan fingerprint density at radius 2 is 1.82 bits per heavy atom. The second-order valence-corrected chi connectivity index (χ2v) is 8.72. The number of benzene rings is 1. The van der Waals surface area contributed by atoms with Crippen LogP contribution in [0, 0.1) is 12.7 Å². The van der Waals surface area contributed by atoms with E-state index in [1.54, 1.807) is 42.7 Å². The van der Waals surface area contributed by atoms with Gasteiger partial charge in [0.1, 0.15) is 23.3 Å². The Bertz CT molecular complexity index is 1530. The van der Waals surface area contributed by atoms with Gasteiger partial charge in [0.2, 0.25) is 0 Å². The van der Waals surface area contributed by atoms with Crippen LogP contribution in [0.4, 0.5) is 16.0 Å². The molecule has 0 aliphatic rings. The normalized spacial score (nSPS) is 11.2. The number of allylic oxidation sites excluding steroid dienone is 3.